The van der Waals surface area contributed by atoms with Crippen molar-refractivity contribution in [3.05, 3.63) is 12.7 Å². The lowest BCUT2D eigenvalue weighted by Gasteiger charge is -2.48. The van der Waals surface area contributed by atoms with Gasteiger partial charge >= 0.3 is 6.72 Å². The predicted octanol–water partition coefficient (Wildman–Crippen LogP) is -0.0137. The van der Waals surface area contributed by atoms with Crippen LogP contribution in [-0.2, 0) is 26.8 Å². The molecule has 0 aromatic carbocycles. The van der Waals surface area contributed by atoms with Gasteiger partial charge in [-0.25, -0.2) is 15.0 Å². The zero-order valence-corrected chi connectivity index (χ0v) is 17.6. The summed E-state index contributed by atoms with van der Waals surface area (Å²) in [7, 11) is 0. The molecule has 1 fully saturated rings. The van der Waals surface area contributed by atoms with E-state index >= 15 is 0 Å². The maximum absolute atomic E-state index is 11.4. The Morgan fingerprint density at radius 3 is 2.54 bits per heavy atom. The normalized spacial score (nSPS) is 37.1. The number of rotatable bonds is 3. The summed E-state index contributed by atoms with van der Waals surface area (Å²) >= 11 is 4.56. The number of hydrogen-bond acceptors (Lipinski definition) is 9. The van der Waals surface area contributed by atoms with Crippen LogP contribution in [0.4, 0.5) is 5.82 Å². The van der Waals surface area contributed by atoms with Crippen molar-refractivity contribution in [1.29, 1.82) is 0 Å². The summed E-state index contributed by atoms with van der Waals surface area (Å²) < 4.78 is 12.8. The summed E-state index contributed by atoms with van der Waals surface area (Å²) in [4.78, 5) is 31.4. The van der Waals surface area contributed by atoms with E-state index in [9.17, 15) is 20.0 Å². The van der Waals surface area contributed by atoms with Gasteiger partial charge in [-0.05, 0) is 39.5 Å². The third kappa shape index (κ3) is 3.33. The van der Waals surface area contributed by atoms with E-state index in [0.717, 1.165) is 0 Å². The van der Waals surface area contributed by atoms with E-state index in [1.54, 1.807) is 13.8 Å². The van der Waals surface area contributed by atoms with Crippen LogP contribution in [0.15, 0.2) is 12.7 Å². The van der Waals surface area contributed by atoms with Gasteiger partial charge in [-0.2, -0.15) is 0 Å². The fourth-order valence-electron chi connectivity index (χ4n) is 3.56. The van der Waals surface area contributed by atoms with E-state index in [1.807, 2.05) is 0 Å². The molecule has 0 saturated carbocycles. The van der Waals surface area contributed by atoms with E-state index in [1.165, 1.54) is 31.1 Å². The SMILES string of the molecule is CC1O[C@@](C)(n2cnc3c(N)ncnc32)C(C)(O)[C@](C)(O)CC1OP(O)(O)=S. The minimum Gasteiger partial charge on any atom is -0.387 e. The molecular weight excluding hydrogens is 409 g/mol. The minimum atomic E-state index is -4.03. The highest BCUT2D eigenvalue weighted by Crippen LogP contribution is 2.49. The van der Waals surface area contributed by atoms with Crippen molar-refractivity contribution < 1.29 is 29.3 Å². The van der Waals surface area contributed by atoms with Crippen LogP contribution in [0.2, 0.25) is 0 Å². The molecule has 5 atom stereocenters. The number of imidazole rings is 1. The van der Waals surface area contributed by atoms with Gasteiger partial charge in [-0.3, -0.25) is 4.57 Å². The first-order chi connectivity index (χ1) is 12.7. The van der Waals surface area contributed by atoms with Crippen molar-refractivity contribution >= 4 is 35.5 Å². The molecule has 2 aromatic heterocycles. The number of nitrogens with two attached hydrogens (primary N) is 1. The van der Waals surface area contributed by atoms with Gasteiger partial charge in [0, 0.05) is 6.42 Å². The van der Waals surface area contributed by atoms with Gasteiger partial charge in [-0.1, -0.05) is 0 Å². The number of hydrogen-bond donors (Lipinski definition) is 5. The Morgan fingerprint density at radius 1 is 1.29 bits per heavy atom. The Labute approximate surface area is 166 Å². The molecule has 1 saturated heterocycles. The van der Waals surface area contributed by atoms with E-state index in [4.69, 9.17) is 15.0 Å². The minimum absolute atomic E-state index is 0.155. The molecule has 0 spiro atoms. The van der Waals surface area contributed by atoms with Crippen LogP contribution < -0.4 is 5.73 Å². The van der Waals surface area contributed by atoms with Crippen molar-refractivity contribution in [2.75, 3.05) is 5.73 Å². The van der Waals surface area contributed by atoms with Crippen LogP contribution >= 0.6 is 6.72 Å². The fourth-order valence-corrected chi connectivity index (χ4v) is 4.49. The fraction of sp³-hybridized carbons (Fsp3) is 0.667. The van der Waals surface area contributed by atoms with Crippen molar-refractivity contribution in [1.82, 2.24) is 19.5 Å². The lowest BCUT2D eigenvalue weighted by Crippen LogP contribution is -2.64. The van der Waals surface area contributed by atoms with Crippen LogP contribution in [-0.4, -0.2) is 62.9 Å². The van der Waals surface area contributed by atoms with Gasteiger partial charge < -0.3 is 35.0 Å². The van der Waals surface area contributed by atoms with Crippen LogP contribution in [0, 0.1) is 0 Å². The first kappa shape index (κ1) is 21.5. The highest BCUT2D eigenvalue weighted by molar-refractivity contribution is 8.06. The molecule has 3 unspecified atom stereocenters. The predicted molar refractivity (Wildman–Crippen MR) is 103 cm³/mol. The molecule has 3 rings (SSSR count). The van der Waals surface area contributed by atoms with E-state index in [-0.39, 0.29) is 12.2 Å². The molecule has 28 heavy (non-hydrogen) atoms. The molecule has 1 aliphatic heterocycles. The quantitative estimate of drug-likeness (QED) is 0.413. The molecule has 2 aromatic rings. The van der Waals surface area contributed by atoms with Crippen LogP contribution in [0.5, 0.6) is 0 Å². The first-order valence-electron chi connectivity index (χ1n) is 8.50. The Morgan fingerprint density at radius 2 is 1.93 bits per heavy atom. The van der Waals surface area contributed by atoms with Gasteiger partial charge in [0.1, 0.15) is 17.4 Å². The molecule has 156 valence electrons. The Bertz CT molecular complexity index is 946. The van der Waals surface area contributed by atoms with Crippen molar-refractivity contribution in [3.63, 3.8) is 0 Å². The largest absolute Gasteiger partial charge is 0.387 e. The zero-order valence-electron chi connectivity index (χ0n) is 15.8. The molecule has 0 aliphatic carbocycles. The molecule has 0 amide bonds. The third-order valence-corrected chi connectivity index (χ3v) is 6.39. The summed E-state index contributed by atoms with van der Waals surface area (Å²) in [5.41, 5.74) is 1.20. The standard InChI is InChI=1S/C15H24N5O6PS/c1-8-9(26-27(23,24)28)5-13(2,21)14(3,22)15(4,25-8)20-7-19-10-11(16)17-6-18-12(10)20/h6-9,21-22H,5H2,1-4H3,(H2,16,17,18)(H2,23,24,28)/t8?,9?,13-,14?,15-/m1/s1. The summed E-state index contributed by atoms with van der Waals surface area (Å²) in [6.45, 7) is 1.97. The van der Waals surface area contributed by atoms with E-state index in [0.29, 0.717) is 11.2 Å². The number of aromatic nitrogens is 4. The number of nitrogen functional groups attached to an aromatic ring is 1. The lowest BCUT2D eigenvalue weighted by molar-refractivity contribution is -0.274. The van der Waals surface area contributed by atoms with Gasteiger partial charge in [0.25, 0.3) is 0 Å². The highest BCUT2D eigenvalue weighted by Gasteiger charge is 2.61. The molecule has 0 bridgehead atoms. The summed E-state index contributed by atoms with van der Waals surface area (Å²) in [5.74, 6) is 0.155. The first-order valence-corrected chi connectivity index (χ1v) is 11.1. The number of fused-ring (bicyclic) bond motifs is 1. The van der Waals surface area contributed by atoms with Crippen molar-refractivity contribution in [2.24, 2.45) is 0 Å². The van der Waals surface area contributed by atoms with Crippen LogP contribution in [0.1, 0.15) is 34.1 Å². The summed E-state index contributed by atoms with van der Waals surface area (Å²) in [6.07, 6.45) is 0.699. The Hall–Kier alpha value is -1.24. The average molecular weight is 433 g/mol. The second kappa shape index (κ2) is 6.64. The van der Waals surface area contributed by atoms with Crippen molar-refractivity contribution in [2.45, 2.75) is 63.3 Å². The van der Waals surface area contributed by atoms with Gasteiger partial charge in [0.2, 0.25) is 0 Å². The van der Waals surface area contributed by atoms with Crippen LogP contribution in [0.3, 0.4) is 0 Å². The monoisotopic (exact) mass is 433 g/mol. The number of anilines is 1. The summed E-state index contributed by atoms with van der Waals surface area (Å²) in [5, 5.41) is 22.6. The van der Waals surface area contributed by atoms with Gasteiger partial charge in [0.15, 0.2) is 17.2 Å². The second-order valence-corrected chi connectivity index (χ2v) is 10.2. The number of nitrogens with zero attached hydrogens (tertiary/aromatic N) is 4. The topological polar surface area (TPSA) is 169 Å². The molecular formula is C15H24N5O6PS. The average Bonchev–Trinajstić information content (AvgIpc) is 2.96. The maximum Gasteiger partial charge on any atom is 0.322 e. The van der Waals surface area contributed by atoms with E-state index < -0.39 is 35.9 Å². The van der Waals surface area contributed by atoms with Crippen molar-refractivity contribution in [3.8, 4) is 0 Å². The van der Waals surface area contributed by atoms with Gasteiger partial charge in [-0.15, -0.1) is 0 Å². The third-order valence-electron chi connectivity index (χ3n) is 5.58. The molecule has 11 nitrogen and oxygen atoms in total. The second-order valence-electron chi connectivity index (χ2n) is 7.54. The summed E-state index contributed by atoms with van der Waals surface area (Å²) in [6, 6.07) is 0. The number of aliphatic hydroxyl groups is 2. The molecule has 6 N–H and O–H groups in total. The lowest BCUT2D eigenvalue weighted by atomic mass is 9.75. The molecule has 1 aliphatic rings. The number of ether oxygens (including phenoxy) is 1. The molecule has 13 heteroatoms. The van der Waals surface area contributed by atoms with Crippen LogP contribution in [0.25, 0.3) is 11.2 Å². The molecule has 3 heterocycles. The Kier molecular flexibility index (Phi) is 5.09. The Balaban J connectivity index is 2.18. The zero-order chi connectivity index (χ0) is 21.1. The highest BCUT2D eigenvalue weighted by atomic mass is 32.5. The van der Waals surface area contributed by atoms with Gasteiger partial charge in [0.05, 0.1) is 24.1 Å². The molecule has 0 radical (unpaired) electrons. The smallest absolute Gasteiger partial charge is 0.322 e. The van der Waals surface area contributed by atoms with E-state index in [2.05, 4.69) is 26.8 Å². The maximum atomic E-state index is 11.4.